The summed E-state index contributed by atoms with van der Waals surface area (Å²) >= 11 is 0. The van der Waals surface area contributed by atoms with Crippen LogP contribution in [-0.4, -0.2) is 24.2 Å². The number of aromatic hydroxyl groups is 1. The molecule has 0 heterocycles. The Morgan fingerprint density at radius 3 is 2.46 bits per heavy atom. The minimum absolute atomic E-state index is 0.00125. The number of amides is 1. The van der Waals surface area contributed by atoms with Crippen LogP contribution in [0.5, 0.6) is 17.2 Å². The molecule has 6 heteroatoms. The summed E-state index contributed by atoms with van der Waals surface area (Å²) in [6.45, 7) is 4.64. The number of carbonyl (C=O) groups excluding carboxylic acids is 1. The van der Waals surface area contributed by atoms with Crippen molar-refractivity contribution in [2.45, 2.75) is 13.8 Å². The molecule has 0 saturated heterocycles. The van der Waals surface area contributed by atoms with E-state index in [4.69, 9.17) is 9.47 Å². The number of ether oxygens (including phenoxy) is 2. The highest BCUT2D eigenvalue weighted by Gasteiger charge is 2.11. The van der Waals surface area contributed by atoms with Crippen LogP contribution >= 0.6 is 0 Å². The highest BCUT2D eigenvalue weighted by Crippen LogP contribution is 2.28. The standard InChI is InChI=1S/C20H20N2O4/c1-3-25-17-8-6-16(7-9-17)22-20(24)15(13-21)11-14-5-10-18(23)19(12-14)26-4-2/h5-12,23H,3-4H2,1-2H3,(H,22,24). The van der Waals surface area contributed by atoms with E-state index in [0.29, 0.717) is 36.0 Å². The predicted molar refractivity (Wildman–Crippen MR) is 99.1 cm³/mol. The van der Waals surface area contributed by atoms with Crippen LogP contribution in [0.4, 0.5) is 5.69 Å². The molecule has 0 saturated carbocycles. The molecule has 1 amide bonds. The second-order valence-corrected chi connectivity index (χ2v) is 5.24. The lowest BCUT2D eigenvalue weighted by atomic mass is 10.1. The Kier molecular flexibility index (Phi) is 6.63. The highest BCUT2D eigenvalue weighted by atomic mass is 16.5. The maximum atomic E-state index is 12.3. The zero-order valence-electron chi connectivity index (χ0n) is 14.7. The molecule has 0 aliphatic rings. The van der Waals surface area contributed by atoms with Crippen molar-refractivity contribution >= 4 is 17.7 Å². The van der Waals surface area contributed by atoms with Crippen LogP contribution in [0.2, 0.25) is 0 Å². The Hall–Kier alpha value is -3.46. The predicted octanol–water partition coefficient (Wildman–Crippen LogP) is 3.74. The topological polar surface area (TPSA) is 91.6 Å². The highest BCUT2D eigenvalue weighted by molar-refractivity contribution is 6.09. The first-order valence-corrected chi connectivity index (χ1v) is 8.19. The van der Waals surface area contributed by atoms with Gasteiger partial charge < -0.3 is 19.9 Å². The van der Waals surface area contributed by atoms with Gasteiger partial charge in [-0.15, -0.1) is 0 Å². The van der Waals surface area contributed by atoms with Crippen LogP contribution in [0.15, 0.2) is 48.0 Å². The van der Waals surface area contributed by atoms with Crippen LogP contribution in [0.25, 0.3) is 6.08 Å². The molecule has 0 aromatic heterocycles. The molecule has 134 valence electrons. The Bertz CT molecular complexity index is 836. The smallest absolute Gasteiger partial charge is 0.266 e. The lowest BCUT2D eigenvalue weighted by Crippen LogP contribution is -2.13. The van der Waals surface area contributed by atoms with Crippen molar-refractivity contribution in [3.05, 3.63) is 53.6 Å². The van der Waals surface area contributed by atoms with Crippen molar-refractivity contribution in [1.29, 1.82) is 5.26 Å². The second kappa shape index (κ2) is 9.14. The van der Waals surface area contributed by atoms with Crippen molar-refractivity contribution in [2.24, 2.45) is 0 Å². The Labute approximate surface area is 152 Å². The fourth-order valence-corrected chi connectivity index (χ4v) is 2.21. The molecule has 2 aromatic rings. The number of carbonyl (C=O) groups is 1. The van der Waals surface area contributed by atoms with Gasteiger partial charge in [0, 0.05) is 5.69 Å². The van der Waals surface area contributed by atoms with Crippen molar-refractivity contribution < 1.29 is 19.4 Å². The molecule has 2 aromatic carbocycles. The third-order valence-corrected chi connectivity index (χ3v) is 3.38. The molecule has 0 bridgehead atoms. The number of anilines is 1. The SMILES string of the molecule is CCOc1ccc(NC(=O)C(C#N)=Cc2ccc(O)c(OCC)c2)cc1. The third-order valence-electron chi connectivity index (χ3n) is 3.38. The molecule has 2 rings (SSSR count). The normalized spacial score (nSPS) is 10.7. The number of rotatable bonds is 7. The van der Waals surface area contributed by atoms with Crippen molar-refractivity contribution in [2.75, 3.05) is 18.5 Å². The Balaban J connectivity index is 2.16. The van der Waals surface area contributed by atoms with Gasteiger partial charge in [0.2, 0.25) is 0 Å². The quantitative estimate of drug-likeness (QED) is 0.585. The van der Waals surface area contributed by atoms with E-state index < -0.39 is 5.91 Å². The summed E-state index contributed by atoms with van der Waals surface area (Å²) in [7, 11) is 0. The number of hydrogen-bond acceptors (Lipinski definition) is 5. The summed E-state index contributed by atoms with van der Waals surface area (Å²) < 4.78 is 10.7. The van der Waals surface area contributed by atoms with E-state index >= 15 is 0 Å². The van der Waals surface area contributed by atoms with Crippen LogP contribution in [0, 0.1) is 11.3 Å². The maximum absolute atomic E-state index is 12.3. The molecule has 0 unspecified atom stereocenters. The first kappa shape index (κ1) is 18.9. The number of hydrogen-bond donors (Lipinski definition) is 2. The number of nitriles is 1. The number of phenolic OH excluding ortho intramolecular Hbond substituents is 1. The van der Waals surface area contributed by atoms with Gasteiger partial charge in [-0.2, -0.15) is 5.26 Å². The summed E-state index contributed by atoms with van der Waals surface area (Å²) in [5.74, 6) is 0.476. The lowest BCUT2D eigenvalue weighted by molar-refractivity contribution is -0.112. The fourth-order valence-electron chi connectivity index (χ4n) is 2.21. The van der Waals surface area contributed by atoms with Gasteiger partial charge in [0.05, 0.1) is 13.2 Å². The molecular formula is C20H20N2O4. The average Bonchev–Trinajstić information content (AvgIpc) is 2.64. The zero-order chi connectivity index (χ0) is 18.9. The second-order valence-electron chi connectivity index (χ2n) is 5.24. The first-order valence-electron chi connectivity index (χ1n) is 8.19. The van der Waals surface area contributed by atoms with E-state index in [-0.39, 0.29) is 11.3 Å². The number of nitrogens with zero attached hydrogens (tertiary/aromatic N) is 1. The lowest BCUT2D eigenvalue weighted by Gasteiger charge is -2.08. The average molecular weight is 352 g/mol. The van der Waals surface area contributed by atoms with Crippen LogP contribution in [-0.2, 0) is 4.79 Å². The van der Waals surface area contributed by atoms with Crippen LogP contribution in [0.3, 0.4) is 0 Å². The minimum atomic E-state index is -0.525. The molecule has 0 spiro atoms. The molecule has 2 N–H and O–H groups in total. The van der Waals surface area contributed by atoms with Crippen molar-refractivity contribution in [3.8, 4) is 23.3 Å². The molecule has 0 atom stereocenters. The van der Waals surface area contributed by atoms with Gasteiger partial charge >= 0.3 is 0 Å². The molecule has 6 nitrogen and oxygen atoms in total. The maximum Gasteiger partial charge on any atom is 0.266 e. The monoisotopic (exact) mass is 352 g/mol. The fraction of sp³-hybridized carbons (Fsp3) is 0.200. The van der Waals surface area contributed by atoms with E-state index in [0.717, 1.165) is 0 Å². The minimum Gasteiger partial charge on any atom is -0.504 e. The number of phenols is 1. The number of benzene rings is 2. The summed E-state index contributed by atoms with van der Waals surface area (Å²) in [6.07, 6.45) is 1.44. The summed E-state index contributed by atoms with van der Waals surface area (Å²) in [5.41, 5.74) is 1.07. The molecule has 0 radical (unpaired) electrons. The van der Waals surface area contributed by atoms with Gasteiger partial charge in [0.1, 0.15) is 17.4 Å². The molecule has 26 heavy (non-hydrogen) atoms. The summed E-state index contributed by atoms with van der Waals surface area (Å²) in [5, 5.41) is 21.7. The summed E-state index contributed by atoms with van der Waals surface area (Å²) in [4.78, 5) is 12.3. The van der Waals surface area contributed by atoms with E-state index in [1.165, 1.54) is 12.1 Å². The first-order chi connectivity index (χ1) is 12.6. The molecule has 0 aliphatic carbocycles. The molecule has 0 fully saturated rings. The summed E-state index contributed by atoms with van der Waals surface area (Å²) in [6, 6.07) is 13.4. The van der Waals surface area contributed by atoms with Crippen molar-refractivity contribution in [1.82, 2.24) is 0 Å². The largest absolute Gasteiger partial charge is 0.504 e. The van der Waals surface area contributed by atoms with Crippen molar-refractivity contribution in [3.63, 3.8) is 0 Å². The van der Waals surface area contributed by atoms with E-state index in [1.807, 2.05) is 13.0 Å². The van der Waals surface area contributed by atoms with Gasteiger partial charge in [-0.25, -0.2) is 0 Å². The third kappa shape index (κ3) is 5.02. The zero-order valence-corrected chi connectivity index (χ0v) is 14.7. The van der Waals surface area contributed by atoms with E-state index in [2.05, 4.69) is 5.32 Å². The van der Waals surface area contributed by atoms with Crippen LogP contribution in [0.1, 0.15) is 19.4 Å². The van der Waals surface area contributed by atoms with E-state index in [9.17, 15) is 15.2 Å². The Morgan fingerprint density at radius 1 is 1.15 bits per heavy atom. The van der Waals surface area contributed by atoms with Gasteiger partial charge in [-0.1, -0.05) is 6.07 Å². The van der Waals surface area contributed by atoms with Gasteiger partial charge in [-0.3, -0.25) is 4.79 Å². The van der Waals surface area contributed by atoms with Crippen LogP contribution < -0.4 is 14.8 Å². The van der Waals surface area contributed by atoms with Gasteiger partial charge in [0.15, 0.2) is 11.5 Å². The van der Waals surface area contributed by atoms with Gasteiger partial charge in [0.25, 0.3) is 5.91 Å². The Morgan fingerprint density at radius 2 is 1.85 bits per heavy atom. The van der Waals surface area contributed by atoms with E-state index in [1.54, 1.807) is 43.3 Å². The number of nitrogens with one attached hydrogen (secondary N) is 1. The molecule has 0 aliphatic heterocycles. The van der Waals surface area contributed by atoms with Gasteiger partial charge in [-0.05, 0) is 61.9 Å². The molecular weight excluding hydrogens is 332 g/mol.